The Morgan fingerprint density at radius 1 is 1.07 bits per heavy atom. The molecule has 2 rings (SSSR count). The third kappa shape index (κ3) is 2.45. The number of benzene rings is 1. The van der Waals surface area contributed by atoms with Gasteiger partial charge < -0.3 is 5.73 Å². The first-order chi connectivity index (χ1) is 7.27. The number of carbonyl (C=O) groups is 1. The summed E-state index contributed by atoms with van der Waals surface area (Å²) < 4.78 is 0. The molecular weight excluding hydrogens is 186 g/mol. The van der Waals surface area contributed by atoms with Gasteiger partial charge in [0.15, 0.2) is 5.78 Å². The number of hydrogen-bond donors (Lipinski definition) is 1. The molecular formula is C13H17NO. The predicted molar refractivity (Wildman–Crippen MR) is 60.7 cm³/mol. The summed E-state index contributed by atoms with van der Waals surface area (Å²) in [6.45, 7) is 0. The van der Waals surface area contributed by atoms with Crippen molar-refractivity contribution in [3.05, 3.63) is 35.9 Å². The zero-order chi connectivity index (χ0) is 10.7. The van der Waals surface area contributed by atoms with Crippen molar-refractivity contribution < 1.29 is 4.79 Å². The van der Waals surface area contributed by atoms with Gasteiger partial charge in [-0.3, -0.25) is 4.79 Å². The number of rotatable bonds is 2. The van der Waals surface area contributed by atoms with Gasteiger partial charge in [-0.05, 0) is 25.7 Å². The van der Waals surface area contributed by atoms with Gasteiger partial charge in [0.05, 0.1) is 0 Å². The number of ketones is 1. The van der Waals surface area contributed by atoms with E-state index in [4.69, 9.17) is 5.73 Å². The summed E-state index contributed by atoms with van der Waals surface area (Å²) in [5.41, 5.74) is 6.67. The van der Waals surface area contributed by atoms with Gasteiger partial charge in [0.25, 0.3) is 0 Å². The quantitative estimate of drug-likeness (QED) is 0.750. The normalized spacial score (nSPS) is 26.2. The largest absolute Gasteiger partial charge is 0.328 e. The first-order valence-corrected chi connectivity index (χ1v) is 5.62. The van der Waals surface area contributed by atoms with Crippen LogP contribution in [0.25, 0.3) is 0 Å². The second-order valence-corrected chi connectivity index (χ2v) is 4.34. The van der Waals surface area contributed by atoms with Crippen LogP contribution in [0.5, 0.6) is 0 Å². The molecule has 0 radical (unpaired) electrons. The Labute approximate surface area is 90.5 Å². The molecule has 2 N–H and O–H groups in total. The van der Waals surface area contributed by atoms with Gasteiger partial charge in [0, 0.05) is 17.5 Å². The maximum absolute atomic E-state index is 12.1. The fraction of sp³-hybridized carbons (Fsp3) is 0.462. The molecule has 0 unspecified atom stereocenters. The number of hydrogen-bond acceptors (Lipinski definition) is 2. The Bertz CT molecular complexity index is 326. The third-order valence-electron chi connectivity index (χ3n) is 3.20. The van der Waals surface area contributed by atoms with E-state index in [1.165, 1.54) is 0 Å². The van der Waals surface area contributed by atoms with E-state index in [0.717, 1.165) is 31.2 Å². The van der Waals surface area contributed by atoms with Crippen LogP contribution in [0.1, 0.15) is 36.0 Å². The molecule has 0 amide bonds. The number of nitrogens with two attached hydrogens (primary N) is 1. The van der Waals surface area contributed by atoms with Crippen molar-refractivity contribution in [1.82, 2.24) is 0 Å². The average molecular weight is 203 g/mol. The number of carbonyl (C=O) groups excluding carboxylic acids is 1. The van der Waals surface area contributed by atoms with Crippen molar-refractivity contribution in [2.45, 2.75) is 31.7 Å². The molecule has 1 saturated carbocycles. The van der Waals surface area contributed by atoms with Gasteiger partial charge >= 0.3 is 0 Å². The molecule has 1 aromatic carbocycles. The number of Topliss-reactive ketones (excluding diaryl/α,β-unsaturated/α-hetero) is 1. The summed E-state index contributed by atoms with van der Waals surface area (Å²) in [6.07, 6.45) is 3.89. The van der Waals surface area contributed by atoms with Crippen LogP contribution in [0.2, 0.25) is 0 Å². The highest BCUT2D eigenvalue weighted by Crippen LogP contribution is 2.26. The Morgan fingerprint density at radius 2 is 1.67 bits per heavy atom. The van der Waals surface area contributed by atoms with Crippen molar-refractivity contribution in [2.24, 2.45) is 11.7 Å². The van der Waals surface area contributed by atoms with Crippen LogP contribution < -0.4 is 5.73 Å². The zero-order valence-corrected chi connectivity index (χ0v) is 8.86. The molecule has 0 bridgehead atoms. The van der Waals surface area contributed by atoms with Crippen LogP contribution in [-0.4, -0.2) is 11.8 Å². The van der Waals surface area contributed by atoms with Gasteiger partial charge in [-0.25, -0.2) is 0 Å². The summed E-state index contributed by atoms with van der Waals surface area (Å²) in [6, 6.07) is 9.88. The summed E-state index contributed by atoms with van der Waals surface area (Å²) >= 11 is 0. The molecule has 1 aliphatic rings. The van der Waals surface area contributed by atoms with E-state index in [-0.39, 0.29) is 5.92 Å². The predicted octanol–water partition coefficient (Wildman–Crippen LogP) is 2.39. The second kappa shape index (κ2) is 4.58. The van der Waals surface area contributed by atoms with Crippen molar-refractivity contribution in [3.63, 3.8) is 0 Å². The maximum atomic E-state index is 12.1. The van der Waals surface area contributed by atoms with E-state index >= 15 is 0 Å². The van der Waals surface area contributed by atoms with Crippen LogP contribution in [-0.2, 0) is 0 Å². The van der Waals surface area contributed by atoms with Crippen LogP contribution in [0.4, 0.5) is 0 Å². The molecule has 1 aliphatic carbocycles. The minimum Gasteiger partial charge on any atom is -0.328 e. The first kappa shape index (κ1) is 10.4. The van der Waals surface area contributed by atoms with E-state index in [1.807, 2.05) is 30.3 Å². The molecule has 1 aromatic rings. The highest BCUT2D eigenvalue weighted by molar-refractivity contribution is 5.97. The maximum Gasteiger partial charge on any atom is 0.165 e. The van der Waals surface area contributed by atoms with E-state index in [2.05, 4.69) is 0 Å². The van der Waals surface area contributed by atoms with Gasteiger partial charge in [0.2, 0.25) is 0 Å². The summed E-state index contributed by atoms with van der Waals surface area (Å²) in [5.74, 6) is 0.495. The summed E-state index contributed by atoms with van der Waals surface area (Å²) in [4.78, 5) is 12.1. The molecule has 2 heteroatoms. The fourth-order valence-corrected chi connectivity index (χ4v) is 2.22. The smallest absolute Gasteiger partial charge is 0.165 e. The molecule has 0 saturated heterocycles. The van der Waals surface area contributed by atoms with E-state index in [0.29, 0.717) is 11.8 Å². The highest BCUT2D eigenvalue weighted by Gasteiger charge is 2.24. The highest BCUT2D eigenvalue weighted by atomic mass is 16.1. The summed E-state index contributed by atoms with van der Waals surface area (Å²) in [7, 11) is 0. The minimum absolute atomic E-state index is 0.201. The van der Waals surface area contributed by atoms with Crippen LogP contribution in [0.3, 0.4) is 0 Å². The van der Waals surface area contributed by atoms with Gasteiger partial charge in [0.1, 0.15) is 0 Å². The molecule has 1 fully saturated rings. The average Bonchev–Trinajstić information content (AvgIpc) is 2.30. The molecule has 0 spiro atoms. The van der Waals surface area contributed by atoms with Crippen molar-refractivity contribution in [3.8, 4) is 0 Å². The monoisotopic (exact) mass is 203 g/mol. The van der Waals surface area contributed by atoms with Crippen LogP contribution >= 0.6 is 0 Å². The Balaban J connectivity index is 2.03. The lowest BCUT2D eigenvalue weighted by Gasteiger charge is -2.24. The third-order valence-corrected chi connectivity index (χ3v) is 3.20. The zero-order valence-electron chi connectivity index (χ0n) is 8.86. The second-order valence-electron chi connectivity index (χ2n) is 4.34. The van der Waals surface area contributed by atoms with Crippen LogP contribution in [0, 0.1) is 5.92 Å². The SMILES string of the molecule is NC1CCC(C(=O)c2ccccc2)CC1. The van der Waals surface area contributed by atoms with E-state index < -0.39 is 0 Å². The van der Waals surface area contributed by atoms with Crippen LogP contribution in [0.15, 0.2) is 30.3 Å². The van der Waals surface area contributed by atoms with E-state index in [1.54, 1.807) is 0 Å². The lowest BCUT2D eigenvalue weighted by molar-refractivity contribution is 0.0885. The van der Waals surface area contributed by atoms with E-state index in [9.17, 15) is 4.79 Å². The Hall–Kier alpha value is -1.15. The Morgan fingerprint density at radius 3 is 2.27 bits per heavy atom. The topological polar surface area (TPSA) is 43.1 Å². The molecule has 0 aliphatic heterocycles. The standard InChI is InChI=1S/C13H17NO/c14-12-8-6-11(7-9-12)13(15)10-4-2-1-3-5-10/h1-5,11-12H,6-9,14H2. The van der Waals surface area contributed by atoms with Crippen molar-refractivity contribution >= 4 is 5.78 Å². The lowest BCUT2D eigenvalue weighted by Crippen LogP contribution is -2.29. The minimum atomic E-state index is 0.201. The molecule has 0 aromatic heterocycles. The summed E-state index contributed by atoms with van der Waals surface area (Å²) in [5, 5.41) is 0. The Kier molecular flexibility index (Phi) is 3.17. The van der Waals surface area contributed by atoms with Gasteiger partial charge in [-0.15, -0.1) is 0 Å². The molecule has 0 atom stereocenters. The van der Waals surface area contributed by atoms with Gasteiger partial charge in [-0.2, -0.15) is 0 Å². The van der Waals surface area contributed by atoms with Crippen molar-refractivity contribution in [1.29, 1.82) is 0 Å². The fourth-order valence-electron chi connectivity index (χ4n) is 2.22. The molecule has 0 heterocycles. The van der Waals surface area contributed by atoms with Gasteiger partial charge in [-0.1, -0.05) is 30.3 Å². The molecule has 15 heavy (non-hydrogen) atoms. The first-order valence-electron chi connectivity index (χ1n) is 5.62. The molecule has 2 nitrogen and oxygen atoms in total. The molecule has 80 valence electrons. The van der Waals surface area contributed by atoms with Crippen molar-refractivity contribution in [2.75, 3.05) is 0 Å². The lowest BCUT2D eigenvalue weighted by atomic mass is 9.82.